The number of hydrogen-bond donors (Lipinski definition) is 1. The summed E-state index contributed by atoms with van der Waals surface area (Å²) in [6.07, 6.45) is 0.864. The molecule has 0 saturated carbocycles. The summed E-state index contributed by atoms with van der Waals surface area (Å²) in [4.78, 5) is 8.86. The fourth-order valence-corrected chi connectivity index (χ4v) is 2.87. The number of aromatic nitrogens is 2. The number of ether oxygens (including phenoxy) is 2. The molecule has 0 radical (unpaired) electrons. The minimum atomic E-state index is 0.487. The number of halogens is 2. The highest BCUT2D eigenvalue weighted by atomic mass is 127. The van der Waals surface area contributed by atoms with E-state index in [1.807, 2.05) is 19.1 Å². The van der Waals surface area contributed by atoms with Crippen LogP contribution >= 0.6 is 38.5 Å². The lowest BCUT2D eigenvalue weighted by atomic mass is 10.2. The summed E-state index contributed by atoms with van der Waals surface area (Å²) in [5.41, 5.74) is 7.64. The van der Waals surface area contributed by atoms with Crippen molar-refractivity contribution >= 4 is 44.3 Å². The number of benzene rings is 1. The van der Waals surface area contributed by atoms with Crippen LogP contribution in [0.5, 0.6) is 11.5 Å². The predicted octanol–water partition coefficient (Wildman–Crippen LogP) is 3.56. The Morgan fingerprint density at radius 3 is 2.76 bits per heavy atom. The van der Waals surface area contributed by atoms with Crippen LogP contribution in [0.15, 0.2) is 16.6 Å². The highest BCUT2D eigenvalue weighted by Gasteiger charge is 2.18. The molecule has 3 rings (SSSR count). The van der Waals surface area contributed by atoms with Crippen molar-refractivity contribution in [1.29, 1.82) is 0 Å². The molecule has 0 saturated heterocycles. The van der Waals surface area contributed by atoms with Crippen LogP contribution in [0.25, 0.3) is 11.4 Å². The summed E-state index contributed by atoms with van der Waals surface area (Å²) < 4.78 is 13.1. The molecule has 1 aliphatic rings. The van der Waals surface area contributed by atoms with Crippen molar-refractivity contribution in [3.63, 3.8) is 0 Å². The van der Waals surface area contributed by atoms with Crippen LogP contribution in [0.3, 0.4) is 0 Å². The molecule has 110 valence electrons. The Bertz CT molecular complexity index is 686. The van der Waals surface area contributed by atoms with Gasteiger partial charge in [0.2, 0.25) is 0 Å². The summed E-state index contributed by atoms with van der Waals surface area (Å²) in [6, 6.07) is 3.82. The number of nitrogen functional groups attached to an aromatic ring is 1. The summed E-state index contributed by atoms with van der Waals surface area (Å²) in [6.45, 7) is 3.20. The van der Waals surface area contributed by atoms with Crippen molar-refractivity contribution in [3.8, 4) is 22.9 Å². The third kappa shape index (κ3) is 2.94. The molecule has 0 fully saturated rings. The lowest BCUT2D eigenvalue weighted by Crippen LogP contribution is -2.02. The van der Waals surface area contributed by atoms with Gasteiger partial charge < -0.3 is 15.2 Å². The minimum absolute atomic E-state index is 0.487. The predicted molar refractivity (Wildman–Crippen MR) is 92.6 cm³/mol. The zero-order valence-electron chi connectivity index (χ0n) is 11.3. The van der Waals surface area contributed by atoms with Gasteiger partial charge in [0.05, 0.1) is 27.0 Å². The maximum Gasteiger partial charge on any atom is 0.175 e. The number of anilines is 1. The first-order valence-electron chi connectivity index (χ1n) is 6.45. The molecule has 21 heavy (non-hydrogen) atoms. The van der Waals surface area contributed by atoms with Gasteiger partial charge in [-0.2, -0.15) is 0 Å². The molecule has 5 nitrogen and oxygen atoms in total. The third-order valence-corrected chi connectivity index (χ3v) is 5.03. The van der Waals surface area contributed by atoms with Crippen molar-refractivity contribution in [2.45, 2.75) is 13.3 Å². The van der Waals surface area contributed by atoms with E-state index in [4.69, 9.17) is 15.2 Å². The number of fused-ring (bicyclic) bond motifs is 1. The fourth-order valence-electron chi connectivity index (χ4n) is 2.07. The number of nitrogens with two attached hydrogens (primary N) is 1. The number of nitrogens with zero attached hydrogens (tertiary/aromatic N) is 2. The monoisotopic (exact) mass is 461 g/mol. The Balaban J connectivity index is 2.11. The quantitative estimate of drug-likeness (QED) is 0.657. The van der Waals surface area contributed by atoms with Gasteiger partial charge in [0.15, 0.2) is 17.3 Å². The van der Waals surface area contributed by atoms with Crippen LogP contribution in [0, 0.1) is 10.5 Å². The first kappa shape index (κ1) is 14.8. The van der Waals surface area contributed by atoms with Crippen molar-refractivity contribution < 1.29 is 9.47 Å². The standard InChI is InChI=1S/C14H13BrIN3O2/c1-7-11(16)13(17)19-14(18-7)8-5-9(15)12-10(6-8)20-3-2-4-21-12/h5-6H,2-4H2,1H3,(H2,17,18,19). The van der Waals surface area contributed by atoms with E-state index in [9.17, 15) is 0 Å². The smallest absolute Gasteiger partial charge is 0.175 e. The Morgan fingerprint density at radius 2 is 2.00 bits per heavy atom. The molecule has 2 heterocycles. The van der Waals surface area contributed by atoms with E-state index >= 15 is 0 Å². The number of hydrogen-bond acceptors (Lipinski definition) is 5. The topological polar surface area (TPSA) is 70.3 Å². The van der Waals surface area contributed by atoms with Crippen LogP contribution in [0.4, 0.5) is 5.82 Å². The largest absolute Gasteiger partial charge is 0.489 e. The maximum absolute atomic E-state index is 5.93. The van der Waals surface area contributed by atoms with E-state index in [0.29, 0.717) is 30.6 Å². The zero-order valence-corrected chi connectivity index (χ0v) is 15.1. The highest BCUT2D eigenvalue weighted by molar-refractivity contribution is 14.1. The van der Waals surface area contributed by atoms with Gasteiger partial charge >= 0.3 is 0 Å². The van der Waals surface area contributed by atoms with Gasteiger partial charge in [-0.3, -0.25) is 0 Å². The highest BCUT2D eigenvalue weighted by Crippen LogP contribution is 2.40. The molecule has 2 aromatic rings. The summed E-state index contributed by atoms with van der Waals surface area (Å²) >= 11 is 5.67. The number of aryl methyl sites for hydroxylation is 1. The molecular formula is C14H13BrIN3O2. The van der Waals surface area contributed by atoms with Crippen molar-refractivity contribution in [2.24, 2.45) is 0 Å². The van der Waals surface area contributed by atoms with E-state index in [1.54, 1.807) is 0 Å². The van der Waals surface area contributed by atoms with Gasteiger partial charge in [-0.05, 0) is 57.6 Å². The van der Waals surface area contributed by atoms with Crippen LogP contribution < -0.4 is 15.2 Å². The van der Waals surface area contributed by atoms with E-state index < -0.39 is 0 Å². The molecule has 1 aromatic carbocycles. The van der Waals surface area contributed by atoms with Crippen LogP contribution in [-0.2, 0) is 0 Å². The van der Waals surface area contributed by atoms with Gasteiger partial charge in [0.1, 0.15) is 5.82 Å². The average Bonchev–Trinajstić information content (AvgIpc) is 2.69. The Kier molecular flexibility index (Phi) is 4.21. The van der Waals surface area contributed by atoms with E-state index in [0.717, 1.165) is 31.5 Å². The van der Waals surface area contributed by atoms with Crippen LogP contribution in [0.2, 0.25) is 0 Å². The van der Waals surface area contributed by atoms with Gasteiger partial charge in [-0.15, -0.1) is 0 Å². The van der Waals surface area contributed by atoms with Crippen molar-refractivity contribution in [1.82, 2.24) is 9.97 Å². The first-order chi connectivity index (χ1) is 10.1. The third-order valence-electron chi connectivity index (χ3n) is 3.10. The average molecular weight is 462 g/mol. The van der Waals surface area contributed by atoms with Gasteiger partial charge in [0, 0.05) is 12.0 Å². The second-order valence-electron chi connectivity index (χ2n) is 4.67. The summed E-state index contributed by atoms with van der Waals surface area (Å²) in [5, 5.41) is 0. The minimum Gasteiger partial charge on any atom is -0.489 e. The van der Waals surface area contributed by atoms with Crippen LogP contribution in [0.1, 0.15) is 12.1 Å². The van der Waals surface area contributed by atoms with Gasteiger partial charge in [-0.1, -0.05) is 0 Å². The Morgan fingerprint density at radius 1 is 1.24 bits per heavy atom. The molecule has 0 spiro atoms. The first-order valence-corrected chi connectivity index (χ1v) is 8.32. The Labute approximate surface area is 144 Å². The lowest BCUT2D eigenvalue weighted by Gasteiger charge is -2.12. The molecule has 1 aromatic heterocycles. The van der Waals surface area contributed by atoms with Gasteiger partial charge in [0.25, 0.3) is 0 Å². The molecule has 0 atom stereocenters. The molecule has 7 heteroatoms. The van der Waals surface area contributed by atoms with Gasteiger partial charge in [-0.25, -0.2) is 9.97 Å². The Hall–Kier alpha value is -1.09. The molecule has 1 aliphatic heterocycles. The normalized spacial score (nSPS) is 13.9. The summed E-state index contributed by atoms with van der Waals surface area (Å²) in [5.74, 6) is 2.50. The second kappa shape index (κ2) is 5.96. The molecule has 2 N–H and O–H groups in total. The number of rotatable bonds is 1. The van der Waals surface area contributed by atoms with Crippen molar-refractivity contribution in [3.05, 3.63) is 25.9 Å². The zero-order chi connectivity index (χ0) is 15.0. The van der Waals surface area contributed by atoms with Crippen molar-refractivity contribution in [2.75, 3.05) is 18.9 Å². The molecule has 0 unspecified atom stereocenters. The maximum atomic E-state index is 5.93. The fraction of sp³-hybridized carbons (Fsp3) is 0.286. The molecule has 0 bridgehead atoms. The second-order valence-corrected chi connectivity index (χ2v) is 6.60. The van der Waals surface area contributed by atoms with E-state index in [2.05, 4.69) is 48.5 Å². The van der Waals surface area contributed by atoms with Crippen LogP contribution in [-0.4, -0.2) is 23.2 Å². The molecule has 0 amide bonds. The molecular weight excluding hydrogens is 449 g/mol. The molecule has 0 aliphatic carbocycles. The lowest BCUT2D eigenvalue weighted by molar-refractivity contribution is 0.296. The summed E-state index contributed by atoms with van der Waals surface area (Å²) in [7, 11) is 0. The van der Waals surface area contributed by atoms with E-state index in [1.165, 1.54) is 0 Å². The van der Waals surface area contributed by atoms with E-state index in [-0.39, 0.29) is 0 Å². The SMILES string of the molecule is Cc1nc(-c2cc(Br)c3c(c2)OCCCO3)nc(N)c1I.